The fourth-order valence-electron chi connectivity index (χ4n) is 3.01. The summed E-state index contributed by atoms with van der Waals surface area (Å²) in [6, 6.07) is 9.70. The van der Waals surface area contributed by atoms with Crippen LogP contribution in [0.1, 0.15) is 33.7 Å². The van der Waals surface area contributed by atoms with Crippen LogP contribution in [0.4, 0.5) is 5.69 Å². The Morgan fingerprint density at radius 1 is 1.25 bits per heavy atom. The maximum atomic E-state index is 12.9. The fourth-order valence-corrected chi connectivity index (χ4v) is 6.94. The summed E-state index contributed by atoms with van der Waals surface area (Å²) in [5, 5.41) is 13.7. The van der Waals surface area contributed by atoms with Crippen LogP contribution in [0.15, 0.2) is 46.0 Å². The van der Waals surface area contributed by atoms with Crippen molar-refractivity contribution in [3.05, 3.63) is 56.8 Å². The minimum atomic E-state index is -3.58. The summed E-state index contributed by atoms with van der Waals surface area (Å²) in [6.45, 7) is 0.425. The molecule has 0 bridgehead atoms. The molecule has 4 rings (SSSR count). The standard InChI is InChI=1S/C17H15ClN4O3S3/c18-11-4-1-5-12(10-11)19-15(23)17-21-20-16(27-17)13-6-2-8-22(13)28(24,25)14-7-3-9-26-14/h1,3-5,7,9-10,13H,2,6,8H2,(H,19,23)/t13-/m1/s1. The molecular weight excluding hydrogens is 440 g/mol. The molecule has 28 heavy (non-hydrogen) atoms. The average Bonchev–Trinajstić information content (AvgIpc) is 3.42. The van der Waals surface area contributed by atoms with Crippen LogP contribution in [-0.4, -0.2) is 35.4 Å². The Kier molecular flexibility index (Phi) is 5.48. The zero-order valence-electron chi connectivity index (χ0n) is 14.4. The summed E-state index contributed by atoms with van der Waals surface area (Å²) in [4.78, 5) is 12.4. The van der Waals surface area contributed by atoms with E-state index in [0.717, 1.165) is 17.8 Å². The Morgan fingerprint density at radius 2 is 2.11 bits per heavy atom. The smallest absolute Gasteiger partial charge is 0.286 e. The first-order valence-electron chi connectivity index (χ1n) is 8.41. The van der Waals surface area contributed by atoms with Crippen molar-refractivity contribution >= 4 is 55.9 Å². The number of thiophene rings is 1. The van der Waals surface area contributed by atoms with Gasteiger partial charge in [-0.2, -0.15) is 4.31 Å². The van der Waals surface area contributed by atoms with E-state index in [2.05, 4.69) is 15.5 Å². The number of halogens is 1. The molecule has 1 amide bonds. The summed E-state index contributed by atoms with van der Waals surface area (Å²) in [7, 11) is -3.58. The number of benzene rings is 1. The van der Waals surface area contributed by atoms with Crippen LogP contribution < -0.4 is 5.32 Å². The number of carbonyl (C=O) groups is 1. The first-order valence-corrected chi connectivity index (χ1v) is 11.9. The zero-order valence-corrected chi connectivity index (χ0v) is 17.6. The molecule has 1 aromatic carbocycles. The lowest BCUT2D eigenvalue weighted by Gasteiger charge is -2.21. The molecule has 0 spiro atoms. The van der Waals surface area contributed by atoms with Crippen molar-refractivity contribution in [2.45, 2.75) is 23.1 Å². The third kappa shape index (κ3) is 3.83. The second kappa shape index (κ2) is 7.88. The largest absolute Gasteiger partial charge is 0.320 e. The second-order valence-electron chi connectivity index (χ2n) is 6.12. The molecule has 0 radical (unpaired) electrons. The normalized spacial score (nSPS) is 17.7. The number of hydrogen-bond acceptors (Lipinski definition) is 7. The highest BCUT2D eigenvalue weighted by Crippen LogP contribution is 2.38. The SMILES string of the molecule is O=C(Nc1cccc(Cl)c1)c1nnc([C@H]2CCCN2S(=O)(=O)c2cccs2)s1. The number of amides is 1. The van der Waals surface area contributed by atoms with Gasteiger partial charge in [0, 0.05) is 17.3 Å². The van der Waals surface area contributed by atoms with Gasteiger partial charge in [-0.1, -0.05) is 35.1 Å². The lowest BCUT2D eigenvalue weighted by Crippen LogP contribution is -2.30. The van der Waals surface area contributed by atoms with Gasteiger partial charge in [-0.3, -0.25) is 4.79 Å². The Labute approximate surface area is 175 Å². The van der Waals surface area contributed by atoms with Gasteiger partial charge in [0.2, 0.25) is 5.01 Å². The van der Waals surface area contributed by atoms with Crippen LogP contribution in [-0.2, 0) is 10.0 Å². The lowest BCUT2D eigenvalue weighted by atomic mass is 10.2. The van der Waals surface area contributed by atoms with Crippen molar-refractivity contribution in [3.63, 3.8) is 0 Å². The van der Waals surface area contributed by atoms with Crippen LogP contribution in [0.5, 0.6) is 0 Å². The Bertz CT molecular complexity index is 1100. The van der Waals surface area contributed by atoms with Crippen LogP contribution in [0.25, 0.3) is 0 Å². The van der Waals surface area contributed by atoms with Gasteiger partial charge >= 0.3 is 0 Å². The highest BCUT2D eigenvalue weighted by atomic mass is 35.5. The van der Waals surface area contributed by atoms with Gasteiger partial charge in [0.05, 0.1) is 6.04 Å². The first-order chi connectivity index (χ1) is 13.4. The van der Waals surface area contributed by atoms with E-state index in [1.54, 1.807) is 41.8 Å². The summed E-state index contributed by atoms with van der Waals surface area (Å²) in [6.07, 6.45) is 1.38. The number of nitrogens with one attached hydrogen (secondary N) is 1. The predicted molar refractivity (Wildman–Crippen MR) is 110 cm³/mol. The van der Waals surface area contributed by atoms with E-state index in [0.29, 0.717) is 32.9 Å². The highest BCUT2D eigenvalue weighted by Gasteiger charge is 2.38. The van der Waals surface area contributed by atoms with Crippen molar-refractivity contribution in [1.82, 2.24) is 14.5 Å². The Balaban J connectivity index is 1.54. The van der Waals surface area contributed by atoms with Crippen molar-refractivity contribution < 1.29 is 13.2 Å². The van der Waals surface area contributed by atoms with Gasteiger partial charge in [0.15, 0.2) is 0 Å². The molecule has 1 saturated heterocycles. The Morgan fingerprint density at radius 3 is 2.86 bits per heavy atom. The fraction of sp³-hybridized carbons (Fsp3) is 0.235. The molecule has 1 N–H and O–H groups in total. The van der Waals surface area contributed by atoms with Gasteiger partial charge in [-0.15, -0.1) is 21.5 Å². The molecule has 1 aliphatic rings. The molecule has 1 aliphatic heterocycles. The van der Waals surface area contributed by atoms with Crippen LogP contribution in [0, 0.1) is 0 Å². The maximum absolute atomic E-state index is 12.9. The average molecular weight is 455 g/mol. The summed E-state index contributed by atoms with van der Waals surface area (Å²) in [5.74, 6) is -0.406. The Hall–Kier alpha value is -1.85. The number of aromatic nitrogens is 2. The number of carbonyl (C=O) groups excluding carboxylic acids is 1. The van der Waals surface area contributed by atoms with Crippen LogP contribution in [0.2, 0.25) is 5.02 Å². The van der Waals surface area contributed by atoms with E-state index < -0.39 is 22.0 Å². The van der Waals surface area contributed by atoms with Gasteiger partial charge < -0.3 is 5.32 Å². The molecule has 2 aromatic heterocycles. The molecule has 146 valence electrons. The van der Waals surface area contributed by atoms with Gasteiger partial charge in [0.1, 0.15) is 9.22 Å². The molecule has 0 unspecified atom stereocenters. The van der Waals surface area contributed by atoms with Crippen molar-refractivity contribution in [1.29, 1.82) is 0 Å². The minimum absolute atomic E-state index is 0.176. The second-order valence-corrected chi connectivity index (χ2v) is 10.6. The summed E-state index contributed by atoms with van der Waals surface area (Å²) < 4.78 is 27.6. The van der Waals surface area contributed by atoms with Crippen molar-refractivity contribution in [2.24, 2.45) is 0 Å². The van der Waals surface area contributed by atoms with Gasteiger partial charge in [0.25, 0.3) is 15.9 Å². The van der Waals surface area contributed by atoms with E-state index in [4.69, 9.17) is 11.6 Å². The highest BCUT2D eigenvalue weighted by molar-refractivity contribution is 7.91. The number of hydrogen-bond donors (Lipinski definition) is 1. The van der Waals surface area contributed by atoms with Crippen LogP contribution in [0.3, 0.4) is 0 Å². The van der Waals surface area contributed by atoms with E-state index in [9.17, 15) is 13.2 Å². The van der Waals surface area contributed by atoms with Crippen molar-refractivity contribution in [3.8, 4) is 0 Å². The predicted octanol–water partition coefficient (Wildman–Crippen LogP) is 4.03. The zero-order chi connectivity index (χ0) is 19.7. The molecule has 11 heteroatoms. The maximum Gasteiger partial charge on any atom is 0.286 e. The summed E-state index contributed by atoms with van der Waals surface area (Å²) >= 11 is 8.23. The summed E-state index contributed by atoms with van der Waals surface area (Å²) in [5.41, 5.74) is 0.553. The molecule has 0 aliphatic carbocycles. The lowest BCUT2D eigenvalue weighted by molar-refractivity contribution is 0.102. The molecule has 1 atom stereocenters. The quantitative estimate of drug-likeness (QED) is 0.628. The van der Waals surface area contributed by atoms with Crippen LogP contribution >= 0.6 is 34.3 Å². The number of sulfonamides is 1. The number of nitrogens with zero attached hydrogens (tertiary/aromatic N) is 3. The van der Waals surface area contributed by atoms with E-state index >= 15 is 0 Å². The third-order valence-electron chi connectivity index (χ3n) is 4.26. The van der Waals surface area contributed by atoms with E-state index in [1.165, 1.54) is 15.6 Å². The molecule has 7 nitrogen and oxygen atoms in total. The molecule has 1 fully saturated rings. The number of anilines is 1. The molecule has 3 aromatic rings. The van der Waals surface area contributed by atoms with Gasteiger partial charge in [-0.05, 0) is 42.5 Å². The molecular formula is C17H15ClN4O3S3. The van der Waals surface area contributed by atoms with E-state index in [1.807, 2.05) is 0 Å². The van der Waals surface area contributed by atoms with Crippen molar-refractivity contribution in [2.75, 3.05) is 11.9 Å². The number of rotatable bonds is 5. The monoisotopic (exact) mass is 454 g/mol. The minimum Gasteiger partial charge on any atom is -0.320 e. The molecule has 0 saturated carbocycles. The van der Waals surface area contributed by atoms with E-state index in [-0.39, 0.29) is 5.01 Å². The first kappa shape index (κ1) is 19.5. The third-order valence-corrected chi connectivity index (χ3v) is 8.80. The van der Waals surface area contributed by atoms with Gasteiger partial charge in [-0.25, -0.2) is 8.42 Å². The molecule has 3 heterocycles. The topological polar surface area (TPSA) is 92.3 Å².